The number of aromatic hydroxyl groups is 1. The van der Waals surface area contributed by atoms with Crippen molar-refractivity contribution in [3.05, 3.63) is 42.0 Å². The van der Waals surface area contributed by atoms with Crippen LogP contribution in [0.1, 0.15) is 264 Å². The van der Waals surface area contributed by atoms with Crippen molar-refractivity contribution in [2.75, 3.05) is 32.8 Å². The maximum Gasteiger partial charge on any atom is 0.246 e. The fourth-order valence-electron chi connectivity index (χ4n) is 15.3. The predicted octanol–water partition coefficient (Wildman–Crippen LogP) is 1.38. The summed E-state index contributed by atoms with van der Waals surface area (Å²) < 4.78 is 0. The lowest BCUT2D eigenvalue weighted by Gasteiger charge is -2.35. The molecule has 37 nitrogen and oxygen atoms in total. The second kappa shape index (κ2) is 57.5. The van der Waals surface area contributed by atoms with Gasteiger partial charge in [0.05, 0.1) is 24.2 Å². The first-order valence-corrected chi connectivity index (χ1v) is 45.9. The van der Waals surface area contributed by atoms with Crippen LogP contribution in [0.5, 0.6) is 5.75 Å². The third kappa shape index (κ3) is 37.7. The Balaban J connectivity index is 2.19. The van der Waals surface area contributed by atoms with Crippen molar-refractivity contribution < 1.29 is 86.9 Å². The normalized spacial score (nSPS) is 23.8. The summed E-state index contributed by atoms with van der Waals surface area (Å²) in [6.07, 6.45) is 11.3. The van der Waals surface area contributed by atoms with Crippen LogP contribution in [-0.2, 0) is 83.1 Å². The molecule has 718 valence electrons. The van der Waals surface area contributed by atoms with Gasteiger partial charge < -0.3 is 101 Å². The molecule has 1 fully saturated rings. The summed E-state index contributed by atoms with van der Waals surface area (Å²) in [5, 5.41) is 56.2. The number of rotatable bonds is 42. The number of aliphatic hydroxyl groups is 1. The minimum Gasteiger partial charge on any atom is -0.508 e. The van der Waals surface area contributed by atoms with Gasteiger partial charge >= 0.3 is 0 Å². The molecule has 7 unspecified atom stereocenters. The molecule has 18 atom stereocenters. The van der Waals surface area contributed by atoms with Crippen LogP contribution in [-0.4, -0.2) is 238 Å². The predicted molar refractivity (Wildman–Crippen MR) is 483 cm³/mol. The number of nitrogens with one attached hydrogen (secondary N) is 14. The zero-order chi connectivity index (χ0) is 95.4. The van der Waals surface area contributed by atoms with Crippen LogP contribution >= 0.6 is 0 Å². The van der Waals surface area contributed by atoms with E-state index in [1.807, 2.05) is 32.9 Å². The fraction of sp³-hybridized carbons (Fsp3) is 0.733. The molecule has 0 bridgehead atoms. The molecule has 13 amide bonds. The van der Waals surface area contributed by atoms with E-state index in [1.165, 1.54) is 56.9 Å². The molecule has 1 saturated heterocycles. The molecule has 1 aromatic rings. The second-order valence-electron chi connectivity index (χ2n) is 36.1. The summed E-state index contributed by atoms with van der Waals surface area (Å²) in [6, 6.07) is -12.0. The molecular formula is C90H155N19O18. The standard InChI is InChI=1S/C90H155N19O18/c1-16-56(9)72(105-83(122)71(55(7)8)104-85(124)73(108-94)57(10)17-2)84(123)99-66(36-27-32-46-93)86(125)109-47-33-37-70(109)75(114)74(113)58(11)106-89(14)42-28-23-21-19-18-20-22-24-29-43-90(15,88(127)103-68(49-54(5)6)81(120)97-62(51-110)52-111)107-82(121)69(50-61-38-40-63(112)41-39-61)101-77(116)60(13)96-80(119)67(48-53(3)4)100-76(115)59(12)95-78(117)64(34-25-30-44-91)98-79(118)65(102-87(89)126)35-26-31-45-92/h20,22,38-41,51,53-60,62,64-73,106,108,111-112H,16-19,21,23-37,42-50,52,91-94H2,1-15H3,(H,95,117)(H,96,119)(H,97,120)(H,98,118)(H,99,123)(H,100,115)(H,101,116)(H,102,126)(H,103,127)(H,104,124)(H,105,122)(H,107,121)/t56-,57-,58?,59-,60-,62?,64?,65-,66-,67?,68-,69?,70-,71-,72-,73-,89?,90?/m0/s1. The van der Waals surface area contributed by atoms with Crippen LogP contribution in [0.15, 0.2) is 36.4 Å². The Kier molecular flexibility index (Phi) is 50.6. The average molecular weight is 1790 g/mol. The van der Waals surface area contributed by atoms with Crippen molar-refractivity contribution in [2.45, 2.75) is 360 Å². The van der Waals surface area contributed by atoms with Gasteiger partial charge in [0, 0.05) is 13.0 Å². The van der Waals surface area contributed by atoms with E-state index in [2.05, 4.69) is 74.5 Å². The number of Topliss-reactive ketones (excluding diaryl/α,β-unsaturated/α-hetero) is 2. The van der Waals surface area contributed by atoms with Gasteiger partial charge in [0.15, 0.2) is 0 Å². The molecule has 0 spiro atoms. The molecule has 0 aliphatic carbocycles. The van der Waals surface area contributed by atoms with Crippen molar-refractivity contribution >= 4 is 94.6 Å². The number of hydrogen-bond donors (Lipinski definition) is 20. The SMILES string of the molecule is CC[C@H](C)[C@H](NN)C(=O)N[C@H](C(=O)N[C@H](C(=O)N[C@@H](CCCCN)C(=O)N1CCC[C@H]1C(=O)C(=O)C(C)NC1(C)CCCCCCC=CCCCC(C)(C(=O)N[C@@H](CC(C)C)C(=O)NC(C=O)CO)NC(=O)C(Cc2ccc(O)cc2)NC(=O)[C@H](C)NC(=O)C(CC(C)C)NC(=O)[C@H](C)NC(=O)C(CCCCN)NC(=O)[C@H](CCCCN)NC1=O)[C@@H](C)CC)C(C)C. The van der Waals surface area contributed by atoms with Crippen molar-refractivity contribution in [1.82, 2.24) is 79.4 Å². The van der Waals surface area contributed by atoms with Gasteiger partial charge in [-0.1, -0.05) is 126 Å². The van der Waals surface area contributed by atoms with Gasteiger partial charge in [-0.3, -0.25) is 83.1 Å². The number of amides is 13. The lowest BCUT2D eigenvalue weighted by Crippen LogP contribution is -2.64. The third-order valence-electron chi connectivity index (χ3n) is 23.7. The van der Waals surface area contributed by atoms with E-state index in [-0.39, 0.29) is 114 Å². The number of likely N-dealkylation sites (tertiary alicyclic amines) is 1. The van der Waals surface area contributed by atoms with Crippen LogP contribution in [0.3, 0.4) is 0 Å². The molecule has 127 heavy (non-hydrogen) atoms. The highest BCUT2D eigenvalue weighted by molar-refractivity contribution is 6.41. The zero-order valence-corrected chi connectivity index (χ0v) is 77.9. The Bertz CT molecular complexity index is 3760. The number of nitrogens with two attached hydrogens (primary N) is 4. The first kappa shape index (κ1) is 112. The Morgan fingerprint density at radius 2 is 1.08 bits per heavy atom. The second-order valence-corrected chi connectivity index (χ2v) is 36.1. The van der Waals surface area contributed by atoms with Gasteiger partial charge in [-0.2, -0.15) is 0 Å². The maximum absolute atomic E-state index is 15.4. The molecule has 2 aliphatic heterocycles. The molecule has 0 saturated carbocycles. The summed E-state index contributed by atoms with van der Waals surface area (Å²) in [4.78, 5) is 232. The van der Waals surface area contributed by atoms with Crippen molar-refractivity contribution in [3.8, 4) is 5.75 Å². The van der Waals surface area contributed by atoms with E-state index in [0.29, 0.717) is 108 Å². The lowest BCUT2D eigenvalue weighted by atomic mass is 9.89. The molecule has 2 aliphatic rings. The van der Waals surface area contributed by atoms with E-state index >= 15 is 9.59 Å². The maximum atomic E-state index is 15.4. The van der Waals surface area contributed by atoms with Gasteiger partial charge in [0.2, 0.25) is 88.4 Å². The van der Waals surface area contributed by atoms with E-state index in [0.717, 1.165) is 0 Å². The van der Waals surface area contributed by atoms with Crippen LogP contribution < -0.4 is 97.6 Å². The van der Waals surface area contributed by atoms with Crippen molar-refractivity contribution in [2.24, 2.45) is 52.6 Å². The highest BCUT2D eigenvalue weighted by Crippen LogP contribution is 2.26. The highest BCUT2D eigenvalue weighted by atomic mass is 16.3. The number of nitrogens with zero attached hydrogens (tertiary/aromatic N) is 1. The Morgan fingerprint density at radius 3 is 1.63 bits per heavy atom. The number of aldehydes is 1. The number of hydrazine groups is 1. The number of hydrogen-bond acceptors (Lipinski definition) is 24. The smallest absolute Gasteiger partial charge is 0.246 e. The van der Waals surface area contributed by atoms with Gasteiger partial charge in [-0.05, 0) is 224 Å². The number of carbonyl (C=O) groups excluding carboxylic acids is 16. The highest BCUT2D eigenvalue weighted by Gasteiger charge is 2.46. The summed E-state index contributed by atoms with van der Waals surface area (Å²) in [7, 11) is 0. The number of ketones is 2. The number of phenolic OH excluding ortho intramolecular Hbond substituents is 1. The summed E-state index contributed by atoms with van der Waals surface area (Å²) in [6.45, 7) is 25.1. The van der Waals surface area contributed by atoms with E-state index < -0.39 is 202 Å². The van der Waals surface area contributed by atoms with Gasteiger partial charge in [-0.25, -0.2) is 5.43 Å². The topological polar surface area (TPSA) is 589 Å². The number of carbonyl (C=O) groups is 16. The summed E-state index contributed by atoms with van der Waals surface area (Å²) in [5.74, 6) is -7.56. The molecule has 1 aromatic carbocycles. The Hall–Kier alpha value is -9.40. The van der Waals surface area contributed by atoms with Gasteiger partial charge in [-0.15, -0.1) is 0 Å². The minimum atomic E-state index is -1.82. The first-order valence-electron chi connectivity index (χ1n) is 45.9. The summed E-state index contributed by atoms with van der Waals surface area (Å²) in [5.41, 5.74) is 17.3. The van der Waals surface area contributed by atoms with Crippen LogP contribution in [0.25, 0.3) is 0 Å². The van der Waals surface area contributed by atoms with Gasteiger partial charge in [0.25, 0.3) is 0 Å². The van der Waals surface area contributed by atoms with E-state index in [9.17, 15) is 77.3 Å². The molecule has 2 heterocycles. The quantitative estimate of drug-likeness (QED) is 0.0110. The number of aliphatic hydroxyl groups excluding tert-OH is 1. The minimum absolute atomic E-state index is 0.0119. The van der Waals surface area contributed by atoms with Crippen molar-refractivity contribution in [1.29, 1.82) is 0 Å². The number of allylic oxidation sites excluding steroid dienone is 2. The molecule has 3 rings (SSSR count). The van der Waals surface area contributed by atoms with Gasteiger partial charge in [0.1, 0.15) is 90.1 Å². The molecule has 0 radical (unpaired) electrons. The Labute approximate surface area is 750 Å². The first-order chi connectivity index (χ1) is 60.0. The van der Waals surface area contributed by atoms with Crippen LogP contribution in [0.4, 0.5) is 0 Å². The van der Waals surface area contributed by atoms with E-state index in [1.54, 1.807) is 55.4 Å². The van der Waals surface area contributed by atoms with E-state index in [4.69, 9.17) is 23.0 Å². The number of phenols is 1. The lowest BCUT2D eigenvalue weighted by molar-refractivity contribution is -0.146. The summed E-state index contributed by atoms with van der Waals surface area (Å²) >= 11 is 0. The van der Waals surface area contributed by atoms with Crippen LogP contribution in [0.2, 0.25) is 0 Å². The largest absolute Gasteiger partial charge is 0.508 e. The Morgan fingerprint density at radius 1 is 0.559 bits per heavy atom. The average Bonchev–Trinajstić information content (AvgIpc) is 1.81. The van der Waals surface area contributed by atoms with Crippen molar-refractivity contribution in [3.63, 3.8) is 0 Å². The number of unbranched alkanes of at least 4 members (excludes halogenated alkanes) is 3. The molecule has 37 heteroatoms. The third-order valence-corrected chi connectivity index (χ3v) is 23.7. The monoisotopic (exact) mass is 1790 g/mol. The fourth-order valence-corrected chi connectivity index (χ4v) is 15.3. The zero-order valence-electron chi connectivity index (χ0n) is 77.9. The molecule has 24 N–H and O–H groups in total. The molecular weight excluding hydrogens is 1640 g/mol. The number of benzene rings is 1. The molecule has 0 aromatic heterocycles. The van der Waals surface area contributed by atoms with Crippen LogP contribution in [0, 0.1) is 29.6 Å².